The van der Waals surface area contributed by atoms with Gasteiger partial charge in [-0.15, -0.1) is 0 Å². The first-order chi connectivity index (χ1) is 41.2. The average Bonchev–Trinajstić information content (AvgIpc) is 2.50. The molecule has 18 rings (SSSR count). The number of nitrogens with zero attached hydrogens (tertiary/aromatic N) is 6. The minimum Gasteiger partial charge on any atom is -0.456 e. The third kappa shape index (κ3) is 6.04. The highest BCUT2D eigenvalue weighted by Crippen LogP contribution is 2.53. The highest BCUT2D eigenvalue weighted by molar-refractivity contribution is 6.26. The molecule has 5 aromatic heterocycles. The molecular weight excluding hydrogens is 1010 g/mol. The van der Waals surface area contributed by atoms with Crippen LogP contribution in [0.25, 0.3) is 169 Å². The second-order valence-electron chi connectivity index (χ2n) is 21.6. The van der Waals surface area contributed by atoms with Crippen molar-refractivity contribution in [1.82, 2.24) is 18.3 Å². The van der Waals surface area contributed by atoms with Gasteiger partial charge in [0.05, 0.1) is 84.4 Å². The van der Waals surface area contributed by atoms with Gasteiger partial charge in [0.1, 0.15) is 17.2 Å². The third-order valence-corrected chi connectivity index (χ3v) is 17.6. The molecule has 13 aromatic carbocycles. The summed E-state index contributed by atoms with van der Waals surface area (Å²) in [6.07, 6.45) is 0. The van der Waals surface area contributed by atoms with E-state index in [-0.39, 0.29) is 0 Å². The molecule has 7 heteroatoms. The number of aromatic nitrogens is 4. The zero-order valence-corrected chi connectivity index (χ0v) is 44.3. The van der Waals surface area contributed by atoms with Gasteiger partial charge in [-0.25, -0.2) is 4.85 Å². The van der Waals surface area contributed by atoms with E-state index in [1.807, 2.05) is 24.3 Å². The quantitative estimate of drug-likeness (QED) is 0.127. The molecule has 0 N–H and O–H groups in total. The minimum absolute atomic E-state index is 0.329. The van der Waals surface area contributed by atoms with Gasteiger partial charge in [0.2, 0.25) is 5.69 Å². The van der Waals surface area contributed by atoms with Gasteiger partial charge in [-0.05, 0) is 93.3 Å². The lowest BCUT2D eigenvalue weighted by Gasteiger charge is -2.27. The largest absolute Gasteiger partial charge is 0.456 e. The number of nitriles is 1. The first-order valence-corrected chi connectivity index (χ1v) is 27.9. The fraction of sp³-hybridized carbons (Fsp3) is 0. The molecule has 0 amide bonds. The Morgan fingerprint density at radius 1 is 0.337 bits per heavy atom. The second kappa shape index (κ2) is 16.9. The summed E-state index contributed by atoms with van der Waals surface area (Å²) >= 11 is 0. The van der Waals surface area contributed by atoms with Crippen LogP contribution >= 0.6 is 0 Å². The van der Waals surface area contributed by atoms with E-state index in [4.69, 9.17) is 9.26 Å². The molecular formula is C76H42N6O. The maximum absolute atomic E-state index is 12.8. The van der Waals surface area contributed by atoms with E-state index in [2.05, 4.69) is 255 Å². The summed E-state index contributed by atoms with van der Waals surface area (Å²) in [5.74, 6) is 0. The second-order valence-corrected chi connectivity index (χ2v) is 21.6. The van der Waals surface area contributed by atoms with E-state index >= 15 is 0 Å². The van der Waals surface area contributed by atoms with E-state index < -0.39 is 0 Å². The molecule has 0 aliphatic carbocycles. The molecule has 0 aliphatic rings. The maximum atomic E-state index is 12.8. The maximum Gasteiger partial charge on any atom is 0.237 e. The Bertz CT molecular complexity index is 5670. The topological polar surface area (TPSA) is 61.0 Å². The van der Waals surface area contributed by atoms with Crippen LogP contribution in [0, 0.1) is 17.9 Å². The average molecular weight is 1060 g/mol. The van der Waals surface area contributed by atoms with Crippen molar-refractivity contribution in [2.75, 3.05) is 0 Å². The summed E-state index contributed by atoms with van der Waals surface area (Å²) in [6, 6.07) is 92.9. The van der Waals surface area contributed by atoms with Crippen LogP contribution in [0.15, 0.2) is 259 Å². The van der Waals surface area contributed by atoms with Crippen molar-refractivity contribution in [1.29, 1.82) is 5.26 Å². The van der Waals surface area contributed by atoms with Gasteiger partial charge in [-0.1, -0.05) is 194 Å². The molecule has 0 saturated carbocycles. The lowest BCUT2D eigenvalue weighted by molar-refractivity contribution is 0.669. The normalized spacial score (nSPS) is 12.1. The van der Waals surface area contributed by atoms with Crippen molar-refractivity contribution < 1.29 is 4.42 Å². The predicted molar refractivity (Wildman–Crippen MR) is 343 cm³/mol. The van der Waals surface area contributed by atoms with Crippen molar-refractivity contribution in [3.8, 4) is 39.9 Å². The van der Waals surface area contributed by atoms with Crippen molar-refractivity contribution in [3.05, 3.63) is 272 Å². The fourth-order valence-corrected chi connectivity index (χ4v) is 14.3. The molecule has 0 bridgehead atoms. The standard InChI is InChI=1S/C76H42N6O/c1-78-71-73(79-60-30-11-4-22-50(60)51-23-5-12-31-61(51)79)59(44-77)74(80-62-32-13-6-24-52(62)53-25-7-14-33-63(53)80)76(75(71)81-64-34-15-8-26-54(64)55-27-9-16-35-65(55)81)82-66-43-47(49-29-18-20-46-38-37-45-19-2-3-21-48(45)69(46)49)39-40-56(66)57-41-42-68-70(72(57)82)58-28-10-17-36-67(58)83-68/h2-43H. The molecule has 0 unspecified atom stereocenters. The number of hydrogen-bond acceptors (Lipinski definition) is 2. The zero-order chi connectivity index (χ0) is 54.6. The Morgan fingerprint density at radius 2 is 0.795 bits per heavy atom. The number of benzene rings is 13. The number of fused-ring (bicyclic) bond motifs is 19. The van der Waals surface area contributed by atoms with Crippen molar-refractivity contribution in [3.63, 3.8) is 0 Å². The molecule has 0 atom stereocenters. The molecule has 0 aliphatic heterocycles. The molecule has 0 spiro atoms. The van der Waals surface area contributed by atoms with E-state index in [9.17, 15) is 11.8 Å². The van der Waals surface area contributed by atoms with Crippen molar-refractivity contribution in [2.45, 2.75) is 0 Å². The lowest BCUT2D eigenvalue weighted by Crippen LogP contribution is -2.14. The Morgan fingerprint density at radius 3 is 1.36 bits per heavy atom. The predicted octanol–water partition coefficient (Wildman–Crippen LogP) is 20.4. The number of furan rings is 1. The summed E-state index contributed by atoms with van der Waals surface area (Å²) in [4.78, 5) is 4.84. The third-order valence-electron chi connectivity index (χ3n) is 17.6. The summed E-state index contributed by atoms with van der Waals surface area (Å²) in [5, 5.41) is 27.6. The molecule has 7 nitrogen and oxygen atoms in total. The summed E-state index contributed by atoms with van der Waals surface area (Å²) < 4.78 is 16.1. The van der Waals surface area contributed by atoms with Crippen molar-refractivity contribution in [2.24, 2.45) is 0 Å². The molecule has 18 aromatic rings. The van der Waals surface area contributed by atoms with E-state index in [0.717, 1.165) is 126 Å². The monoisotopic (exact) mass is 1050 g/mol. The van der Waals surface area contributed by atoms with E-state index in [1.165, 1.54) is 16.2 Å². The van der Waals surface area contributed by atoms with Crippen LogP contribution in [0.1, 0.15) is 5.56 Å². The Labute approximate surface area is 473 Å². The van der Waals surface area contributed by atoms with Gasteiger partial charge < -0.3 is 22.7 Å². The van der Waals surface area contributed by atoms with Crippen molar-refractivity contribution >= 4 is 136 Å². The first-order valence-electron chi connectivity index (χ1n) is 27.9. The van der Waals surface area contributed by atoms with Crippen LogP contribution in [0.4, 0.5) is 5.69 Å². The Hall–Kier alpha value is -11.6. The SMILES string of the molecule is [C-]#[N+]c1c(-n2c3ccccc3c3ccccc32)c(C#N)c(-n2c3ccccc3c3ccccc32)c(-n2c3cc(-c4cccc5ccc6ccccc6c45)ccc3c3ccc4oc5ccccc5c4c32)c1-n1c2ccccc2c2ccccc21. The number of para-hydroxylation sites is 7. The van der Waals surface area contributed by atoms with E-state index in [1.54, 1.807) is 0 Å². The van der Waals surface area contributed by atoms with Crippen LogP contribution in [-0.4, -0.2) is 18.3 Å². The highest BCUT2D eigenvalue weighted by atomic mass is 16.3. The van der Waals surface area contributed by atoms with Crippen LogP contribution < -0.4 is 0 Å². The molecule has 0 fully saturated rings. The lowest BCUT2D eigenvalue weighted by atomic mass is 9.93. The van der Waals surface area contributed by atoms with E-state index in [0.29, 0.717) is 34.0 Å². The van der Waals surface area contributed by atoms with Gasteiger partial charge >= 0.3 is 0 Å². The van der Waals surface area contributed by atoms with Gasteiger partial charge in [0, 0.05) is 48.5 Å². The van der Waals surface area contributed by atoms with Gasteiger partial charge in [0.25, 0.3) is 0 Å². The first kappa shape index (κ1) is 45.2. The smallest absolute Gasteiger partial charge is 0.237 e. The molecule has 5 heterocycles. The van der Waals surface area contributed by atoms with Gasteiger partial charge in [0.15, 0.2) is 0 Å². The zero-order valence-electron chi connectivity index (χ0n) is 44.3. The van der Waals surface area contributed by atoms with Gasteiger partial charge in [-0.3, -0.25) is 0 Å². The summed E-state index contributed by atoms with van der Waals surface area (Å²) in [6.45, 7) is 9.95. The fourth-order valence-electron chi connectivity index (χ4n) is 14.3. The Kier molecular flexibility index (Phi) is 9.23. The molecule has 0 saturated heterocycles. The summed E-state index contributed by atoms with van der Waals surface area (Å²) in [7, 11) is 0. The number of rotatable bonds is 5. The van der Waals surface area contributed by atoms with Gasteiger partial charge in [-0.2, -0.15) is 5.26 Å². The Balaban J connectivity index is 1.16. The number of hydrogen-bond donors (Lipinski definition) is 0. The van der Waals surface area contributed by atoms with Crippen LogP contribution in [0.5, 0.6) is 0 Å². The molecule has 83 heavy (non-hydrogen) atoms. The summed E-state index contributed by atoms with van der Waals surface area (Å²) in [5.41, 5.74) is 14.0. The molecule has 0 radical (unpaired) electrons. The van der Waals surface area contributed by atoms with Crippen LogP contribution in [0.3, 0.4) is 0 Å². The minimum atomic E-state index is 0.329. The van der Waals surface area contributed by atoms with Crippen LogP contribution in [-0.2, 0) is 0 Å². The molecule has 382 valence electrons. The highest BCUT2D eigenvalue weighted by Gasteiger charge is 2.35. The van der Waals surface area contributed by atoms with Crippen LogP contribution in [0.2, 0.25) is 0 Å².